The van der Waals surface area contributed by atoms with Gasteiger partial charge >= 0.3 is 6.01 Å². The van der Waals surface area contributed by atoms with Crippen molar-refractivity contribution in [3.05, 3.63) is 41.7 Å². The minimum atomic E-state index is 0.336. The summed E-state index contributed by atoms with van der Waals surface area (Å²) in [5.74, 6) is 0.365. The van der Waals surface area contributed by atoms with E-state index in [0.29, 0.717) is 30.5 Å². The van der Waals surface area contributed by atoms with E-state index in [0.717, 1.165) is 31.3 Å². The van der Waals surface area contributed by atoms with Gasteiger partial charge in [-0.25, -0.2) is 4.98 Å². The minimum Gasteiger partial charge on any atom is -0.463 e. The standard InChI is InChI=1S/C17H19N5O/c18-15-14-16-21-17(20-15)23-8-3-1-2-5-12-6-4-7-13(9-12)10-22(16)11-19-14/h4,6-7,9,11H,1-3,5,8,10H2,(H2,18,20,21). The third-order valence-corrected chi connectivity index (χ3v) is 4.16. The lowest BCUT2D eigenvalue weighted by Crippen LogP contribution is -2.07. The van der Waals surface area contributed by atoms with Crippen LogP contribution < -0.4 is 10.5 Å². The van der Waals surface area contributed by atoms with Gasteiger partial charge in [-0.3, -0.25) is 0 Å². The highest BCUT2D eigenvalue weighted by molar-refractivity contribution is 5.81. The molecule has 23 heavy (non-hydrogen) atoms. The van der Waals surface area contributed by atoms with Gasteiger partial charge in [0, 0.05) is 0 Å². The fraction of sp³-hybridized carbons (Fsp3) is 0.353. The van der Waals surface area contributed by atoms with Crippen molar-refractivity contribution in [3.63, 3.8) is 0 Å². The molecule has 3 aromatic rings. The van der Waals surface area contributed by atoms with Crippen LogP contribution in [0.25, 0.3) is 11.2 Å². The quantitative estimate of drug-likeness (QED) is 0.690. The van der Waals surface area contributed by atoms with E-state index in [2.05, 4.69) is 39.2 Å². The number of nitrogens with zero attached hydrogens (tertiary/aromatic N) is 4. The van der Waals surface area contributed by atoms with Crippen molar-refractivity contribution in [2.24, 2.45) is 0 Å². The van der Waals surface area contributed by atoms with Gasteiger partial charge in [-0.2, -0.15) is 9.97 Å². The second-order valence-corrected chi connectivity index (χ2v) is 5.92. The van der Waals surface area contributed by atoms with E-state index < -0.39 is 0 Å². The molecule has 4 rings (SSSR count). The van der Waals surface area contributed by atoms with E-state index >= 15 is 0 Å². The van der Waals surface area contributed by atoms with Crippen molar-refractivity contribution < 1.29 is 4.74 Å². The Morgan fingerprint density at radius 1 is 1.09 bits per heavy atom. The highest BCUT2D eigenvalue weighted by Crippen LogP contribution is 2.21. The van der Waals surface area contributed by atoms with Crippen molar-refractivity contribution in [1.82, 2.24) is 19.5 Å². The number of hydrogen-bond acceptors (Lipinski definition) is 5. The summed E-state index contributed by atoms with van der Waals surface area (Å²) in [5.41, 5.74) is 9.95. The highest BCUT2D eigenvalue weighted by Gasteiger charge is 2.13. The van der Waals surface area contributed by atoms with Gasteiger partial charge < -0.3 is 15.0 Å². The summed E-state index contributed by atoms with van der Waals surface area (Å²) in [5, 5.41) is 0. The summed E-state index contributed by atoms with van der Waals surface area (Å²) in [7, 11) is 0. The lowest BCUT2D eigenvalue weighted by molar-refractivity contribution is 0.283. The van der Waals surface area contributed by atoms with Crippen molar-refractivity contribution >= 4 is 17.0 Å². The molecule has 3 heterocycles. The first-order valence-corrected chi connectivity index (χ1v) is 7.98. The fourth-order valence-electron chi connectivity index (χ4n) is 2.98. The molecule has 1 aliphatic heterocycles. The fourth-order valence-corrected chi connectivity index (χ4v) is 2.98. The Kier molecular flexibility index (Phi) is 3.57. The second kappa shape index (κ2) is 5.87. The number of aryl methyl sites for hydroxylation is 1. The Hall–Kier alpha value is -2.63. The van der Waals surface area contributed by atoms with E-state index in [9.17, 15) is 0 Å². The molecule has 118 valence electrons. The average Bonchev–Trinajstić information content (AvgIpc) is 2.94. The third kappa shape index (κ3) is 2.84. The van der Waals surface area contributed by atoms with Crippen LogP contribution in [0, 0.1) is 0 Å². The van der Waals surface area contributed by atoms with Crippen molar-refractivity contribution in [2.45, 2.75) is 32.2 Å². The molecule has 0 fully saturated rings. The first kappa shape index (κ1) is 14.0. The smallest absolute Gasteiger partial charge is 0.320 e. The van der Waals surface area contributed by atoms with Crippen LogP contribution in [0.3, 0.4) is 0 Å². The summed E-state index contributed by atoms with van der Waals surface area (Å²) in [4.78, 5) is 13.0. The largest absolute Gasteiger partial charge is 0.463 e. The van der Waals surface area contributed by atoms with E-state index in [1.807, 2.05) is 4.57 Å². The van der Waals surface area contributed by atoms with Gasteiger partial charge in [0.05, 0.1) is 19.5 Å². The van der Waals surface area contributed by atoms with Gasteiger partial charge in [-0.05, 0) is 36.8 Å². The Balaban J connectivity index is 1.80. The third-order valence-electron chi connectivity index (χ3n) is 4.16. The number of nitrogen functional groups attached to an aromatic ring is 1. The van der Waals surface area contributed by atoms with Gasteiger partial charge in [-0.1, -0.05) is 24.3 Å². The molecule has 0 unspecified atom stereocenters. The van der Waals surface area contributed by atoms with Gasteiger partial charge in [0.15, 0.2) is 17.0 Å². The van der Waals surface area contributed by atoms with E-state index in [1.165, 1.54) is 11.1 Å². The van der Waals surface area contributed by atoms with Gasteiger partial charge in [0.25, 0.3) is 0 Å². The Morgan fingerprint density at radius 3 is 2.96 bits per heavy atom. The van der Waals surface area contributed by atoms with Crippen LogP contribution in [-0.2, 0) is 13.0 Å². The van der Waals surface area contributed by atoms with Gasteiger partial charge in [-0.15, -0.1) is 0 Å². The zero-order valence-corrected chi connectivity index (χ0v) is 12.9. The molecule has 0 saturated heterocycles. The summed E-state index contributed by atoms with van der Waals surface area (Å²) in [6.45, 7) is 1.32. The first-order valence-electron chi connectivity index (χ1n) is 7.98. The molecular formula is C17H19N5O. The van der Waals surface area contributed by atoms with Gasteiger partial charge in [0.2, 0.25) is 0 Å². The van der Waals surface area contributed by atoms with Crippen LogP contribution in [-0.4, -0.2) is 26.1 Å². The molecule has 2 aromatic heterocycles. The SMILES string of the molecule is Nc1nc2nc3c1ncn3Cc1cccc(c1)CCCCCO2. The molecule has 6 nitrogen and oxygen atoms in total. The van der Waals surface area contributed by atoms with Crippen molar-refractivity contribution in [2.75, 3.05) is 12.3 Å². The summed E-state index contributed by atoms with van der Waals surface area (Å²) < 4.78 is 7.66. The number of imidazole rings is 1. The number of aromatic nitrogens is 4. The normalized spacial score (nSPS) is 15.3. The van der Waals surface area contributed by atoms with Crippen LogP contribution in [0.5, 0.6) is 6.01 Å². The Morgan fingerprint density at radius 2 is 2.00 bits per heavy atom. The number of fused-ring (bicyclic) bond motifs is 3. The van der Waals surface area contributed by atoms with Crippen molar-refractivity contribution in [1.29, 1.82) is 0 Å². The highest BCUT2D eigenvalue weighted by atomic mass is 16.5. The lowest BCUT2D eigenvalue weighted by atomic mass is 10.0. The predicted molar refractivity (Wildman–Crippen MR) is 88.3 cm³/mol. The van der Waals surface area contributed by atoms with Crippen molar-refractivity contribution in [3.8, 4) is 6.01 Å². The number of rotatable bonds is 0. The van der Waals surface area contributed by atoms with Crippen LogP contribution in [0.1, 0.15) is 30.4 Å². The molecular weight excluding hydrogens is 290 g/mol. The molecule has 0 saturated carbocycles. The Labute approximate surface area is 134 Å². The monoisotopic (exact) mass is 309 g/mol. The maximum absolute atomic E-state index is 6.00. The second-order valence-electron chi connectivity index (χ2n) is 5.92. The molecule has 0 aliphatic carbocycles. The van der Waals surface area contributed by atoms with Crippen LogP contribution >= 0.6 is 0 Å². The van der Waals surface area contributed by atoms with Crippen LogP contribution in [0.15, 0.2) is 30.6 Å². The summed E-state index contributed by atoms with van der Waals surface area (Å²) in [6.07, 6.45) is 6.13. The summed E-state index contributed by atoms with van der Waals surface area (Å²) in [6, 6.07) is 9.04. The predicted octanol–water partition coefficient (Wildman–Crippen LogP) is 2.56. The minimum absolute atomic E-state index is 0.336. The van der Waals surface area contributed by atoms with E-state index in [1.54, 1.807) is 6.33 Å². The summed E-state index contributed by atoms with van der Waals surface area (Å²) >= 11 is 0. The molecule has 1 aliphatic rings. The van der Waals surface area contributed by atoms with Gasteiger partial charge in [0.1, 0.15) is 0 Å². The molecule has 6 heteroatoms. The number of hydrogen-bond donors (Lipinski definition) is 1. The van der Waals surface area contributed by atoms with E-state index in [-0.39, 0.29) is 0 Å². The molecule has 0 atom stereocenters. The maximum atomic E-state index is 6.00. The molecule has 0 radical (unpaired) electrons. The topological polar surface area (TPSA) is 78.9 Å². The van der Waals surface area contributed by atoms with Crippen LogP contribution in [0.2, 0.25) is 0 Å². The average molecular weight is 309 g/mol. The number of benzene rings is 1. The molecule has 0 spiro atoms. The lowest BCUT2D eigenvalue weighted by Gasteiger charge is -2.10. The molecule has 1 aromatic carbocycles. The zero-order chi connectivity index (χ0) is 15.6. The first-order chi connectivity index (χ1) is 11.3. The molecule has 2 N–H and O–H groups in total. The number of ether oxygens (including phenoxy) is 1. The number of nitrogens with two attached hydrogens (primary N) is 1. The van der Waals surface area contributed by atoms with E-state index in [4.69, 9.17) is 10.5 Å². The molecule has 0 amide bonds. The van der Waals surface area contributed by atoms with Crippen LogP contribution in [0.4, 0.5) is 5.82 Å². The number of anilines is 1. The zero-order valence-electron chi connectivity index (χ0n) is 12.9. The molecule has 4 bridgehead atoms. The maximum Gasteiger partial charge on any atom is 0.320 e. The Bertz CT molecular complexity index is 842.